The van der Waals surface area contributed by atoms with Crippen LogP contribution in [0.4, 0.5) is 5.69 Å². The lowest BCUT2D eigenvalue weighted by Gasteiger charge is -2.05. The highest BCUT2D eigenvalue weighted by molar-refractivity contribution is 5.91. The van der Waals surface area contributed by atoms with E-state index < -0.39 is 0 Å². The zero-order valence-electron chi connectivity index (χ0n) is 9.47. The van der Waals surface area contributed by atoms with Crippen LogP contribution in [0.15, 0.2) is 47.1 Å². The van der Waals surface area contributed by atoms with Crippen molar-refractivity contribution >= 4 is 11.6 Å². The number of nitrogens with one attached hydrogen (secondary N) is 1. The number of carbonyl (C=O) groups excluding carboxylic acids is 1. The Labute approximate surface area is 99.2 Å². The molecule has 0 fully saturated rings. The molecule has 0 aliphatic rings. The lowest BCUT2D eigenvalue weighted by molar-refractivity contribution is -0.115. The first-order valence-electron chi connectivity index (χ1n) is 5.24. The van der Waals surface area contributed by atoms with E-state index in [1.165, 1.54) is 0 Å². The second-order valence-corrected chi connectivity index (χ2v) is 3.53. The Kier molecular flexibility index (Phi) is 3.45. The summed E-state index contributed by atoms with van der Waals surface area (Å²) >= 11 is 0. The molecule has 1 N–H and O–H groups in total. The second-order valence-electron chi connectivity index (χ2n) is 3.53. The van der Waals surface area contributed by atoms with Gasteiger partial charge in [0, 0.05) is 5.69 Å². The molecule has 2 rings (SSSR count). The fourth-order valence-electron chi connectivity index (χ4n) is 1.45. The van der Waals surface area contributed by atoms with Crippen molar-refractivity contribution in [1.29, 1.82) is 0 Å². The first kappa shape index (κ1) is 11.3. The summed E-state index contributed by atoms with van der Waals surface area (Å²) in [5.74, 6) is 1.30. The van der Waals surface area contributed by atoms with Gasteiger partial charge < -0.3 is 14.5 Å². The Bertz CT molecular complexity index is 474. The zero-order valence-corrected chi connectivity index (χ0v) is 9.47. The standard InChI is InChI=1S/C13H13NO3/c1-16-11-6-4-10(5-7-11)14-13(15)9-12-3-2-8-17-12/h2-8H,9H2,1H3,(H,14,15). The minimum absolute atomic E-state index is 0.106. The van der Waals surface area contributed by atoms with Crippen molar-refractivity contribution in [3.63, 3.8) is 0 Å². The summed E-state index contributed by atoms with van der Waals surface area (Å²) in [5.41, 5.74) is 0.738. The Morgan fingerprint density at radius 1 is 1.29 bits per heavy atom. The van der Waals surface area contributed by atoms with Gasteiger partial charge in [-0.15, -0.1) is 0 Å². The highest BCUT2D eigenvalue weighted by atomic mass is 16.5. The largest absolute Gasteiger partial charge is 0.497 e. The first-order valence-corrected chi connectivity index (χ1v) is 5.24. The molecular formula is C13H13NO3. The molecule has 88 valence electrons. The Balaban J connectivity index is 1.93. The number of ether oxygens (including phenoxy) is 1. The van der Waals surface area contributed by atoms with E-state index in [1.54, 1.807) is 49.8 Å². The molecule has 0 atom stereocenters. The maximum Gasteiger partial charge on any atom is 0.231 e. The van der Waals surface area contributed by atoms with Crippen LogP contribution < -0.4 is 10.1 Å². The van der Waals surface area contributed by atoms with Gasteiger partial charge in [0.1, 0.15) is 11.5 Å². The van der Waals surface area contributed by atoms with Gasteiger partial charge >= 0.3 is 0 Å². The number of hydrogen-bond acceptors (Lipinski definition) is 3. The Morgan fingerprint density at radius 2 is 2.06 bits per heavy atom. The van der Waals surface area contributed by atoms with E-state index in [2.05, 4.69) is 5.32 Å². The highest BCUT2D eigenvalue weighted by Gasteiger charge is 2.05. The fraction of sp³-hybridized carbons (Fsp3) is 0.154. The maximum atomic E-state index is 11.6. The van der Waals surface area contributed by atoms with Crippen LogP contribution in [0, 0.1) is 0 Å². The van der Waals surface area contributed by atoms with Crippen molar-refractivity contribution in [1.82, 2.24) is 0 Å². The molecule has 1 heterocycles. The molecule has 0 bridgehead atoms. The minimum Gasteiger partial charge on any atom is -0.497 e. The minimum atomic E-state index is -0.106. The van der Waals surface area contributed by atoms with Crippen LogP contribution in [0.1, 0.15) is 5.76 Å². The molecule has 4 heteroatoms. The third-order valence-corrected chi connectivity index (χ3v) is 2.29. The van der Waals surface area contributed by atoms with E-state index in [0.29, 0.717) is 5.76 Å². The summed E-state index contributed by atoms with van der Waals surface area (Å²) in [6.07, 6.45) is 1.79. The number of carbonyl (C=O) groups is 1. The lowest BCUT2D eigenvalue weighted by atomic mass is 10.2. The molecule has 0 spiro atoms. The number of rotatable bonds is 4. The van der Waals surface area contributed by atoms with Gasteiger partial charge in [0.25, 0.3) is 0 Å². The van der Waals surface area contributed by atoms with E-state index in [1.807, 2.05) is 0 Å². The highest BCUT2D eigenvalue weighted by Crippen LogP contribution is 2.15. The summed E-state index contributed by atoms with van der Waals surface area (Å²) in [4.78, 5) is 11.6. The van der Waals surface area contributed by atoms with Crippen molar-refractivity contribution in [2.75, 3.05) is 12.4 Å². The van der Waals surface area contributed by atoms with Crippen LogP contribution in [0.3, 0.4) is 0 Å². The monoisotopic (exact) mass is 231 g/mol. The third kappa shape index (κ3) is 3.11. The van der Waals surface area contributed by atoms with Gasteiger partial charge in [-0.25, -0.2) is 0 Å². The van der Waals surface area contributed by atoms with Gasteiger partial charge in [-0.1, -0.05) is 0 Å². The molecule has 1 aromatic heterocycles. The predicted molar refractivity (Wildman–Crippen MR) is 64.0 cm³/mol. The molecule has 0 aliphatic heterocycles. The number of hydrogen-bond donors (Lipinski definition) is 1. The Hall–Kier alpha value is -2.23. The predicted octanol–water partition coefficient (Wildman–Crippen LogP) is 2.47. The Morgan fingerprint density at radius 3 is 2.65 bits per heavy atom. The molecule has 1 aromatic carbocycles. The van der Waals surface area contributed by atoms with Crippen molar-refractivity contribution in [3.8, 4) is 5.75 Å². The van der Waals surface area contributed by atoms with Crippen LogP contribution in [-0.4, -0.2) is 13.0 Å². The van der Waals surface area contributed by atoms with Crippen LogP contribution in [-0.2, 0) is 11.2 Å². The van der Waals surface area contributed by atoms with Crippen molar-refractivity contribution in [2.45, 2.75) is 6.42 Å². The van der Waals surface area contributed by atoms with Gasteiger partial charge in [0.2, 0.25) is 5.91 Å². The zero-order chi connectivity index (χ0) is 12.1. The molecule has 1 amide bonds. The summed E-state index contributed by atoms with van der Waals surface area (Å²) in [6.45, 7) is 0. The lowest BCUT2D eigenvalue weighted by Crippen LogP contribution is -2.13. The summed E-state index contributed by atoms with van der Waals surface area (Å²) < 4.78 is 10.1. The molecule has 17 heavy (non-hydrogen) atoms. The third-order valence-electron chi connectivity index (χ3n) is 2.29. The van der Waals surface area contributed by atoms with Crippen molar-refractivity contribution in [2.24, 2.45) is 0 Å². The van der Waals surface area contributed by atoms with Crippen LogP contribution >= 0.6 is 0 Å². The molecular weight excluding hydrogens is 218 g/mol. The molecule has 0 saturated carbocycles. The molecule has 0 aliphatic carbocycles. The maximum absolute atomic E-state index is 11.6. The average molecular weight is 231 g/mol. The van der Waals surface area contributed by atoms with Crippen LogP contribution in [0.2, 0.25) is 0 Å². The molecule has 0 unspecified atom stereocenters. The van der Waals surface area contributed by atoms with Crippen molar-refractivity contribution in [3.05, 3.63) is 48.4 Å². The smallest absolute Gasteiger partial charge is 0.231 e. The quantitative estimate of drug-likeness (QED) is 0.879. The molecule has 0 radical (unpaired) electrons. The van der Waals surface area contributed by atoms with Crippen LogP contribution in [0.25, 0.3) is 0 Å². The normalized spacial score (nSPS) is 9.94. The summed E-state index contributed by atoms with van der Waals surface area (Å²) in [7, 11) is 1.60. The van der Waals surface area contributed by atoms with E-state index >= 15 is 0 Å². The number of benzene rings is 1. The SMILES string of the molecule is COc1ccc(NC(=O)Cc2ccco2)cc1. The van der Waals surface area contributed by atoms with Gasteiger partial charge in [-0.3, -0.25) is 4.79 Å². The topological polar surface area (TPSA) is 51.5 Å². The number of methoxy groups -OCH3 is 1. The number of anilines is 1. The van der Waals surface area contributed by atoms with E-state index in [-0.39, 0.29) is 12.3 Å². The number of amides is 1. The van der Waals surface area contributed by atoms with Gasteiger partial charge in [-0.05, 0) is 36.4 Å². The van der Waals surface area contributed by atoms with Crippen molar-refractivity contribution < 1.29 is 13.9 Å². The summed E-state index contributed by atoms with van der Waals surface area (Å²) in [5, 5.41) is 2.78. The molecule has 2 aromatic rings. The molecule has 0 saturated heterocycles. The summed E-state index contributed by atoms with van der Waals surface area (Å²) in [6, 6.07) is 10.7. The van der Waals surface area contributed by atoms with E-state index in [0.717, 1.165) is 11.4 Å². The average Bonchev–Trinajstić information content (AvgIpc) is 2.82. The first-order chi connectivity index (χ1) is 8.28. The van der Waals surface area contributed by atoms with E-state index in [9.17, 15) is 4.79 Å². The van der Waals surface area contributed by atoms with Crippen LogP contribution in [0.5, 0.6) is 5.75 Å². The fourth-order valence-corrected chi connectivity index (χ4v) is 1.45. The molecule has 4 nitrogen and oxygen atoms in total. The van der Waals surface area contributed by atoms with E-state index in [4.69, 9.17) is 9.15 Å². The second kappa shape index (κ2) is 5.21. The van der Waals surface area contributed by atoms with Gasteiger partial charge in [-0.2, -0.15) is 0 Å². The number of furan rings is 1. The van der Waals surface area contributed by atoms with Gasteiger partial charge in [0.15, 0.2) is 0 Å². The van der Waals surface area contributed by atoms with Gasteiger partial charge in [0.05, 0.1) is 19.8 Å².